The molecule has 2 aromatic carbocycles. The molecule has 0 fully saturated rings. The third-order valence-electron chi connectivity index (χ3n) is 3.69. The first-order valence-corrected chi connectivity index (χ1v) is 8.61. The van der Waals surface area contributed by atoms with Crippen LogP contribution in [0.15, 0.2) is 51.8 Å². The van der Waals surface area contributed by atoms with E-state index in [2.05, 4.69) is 0 Å². The Morgan fingerprint density at radius 2 is 2.00 bits per heavy atom. The lowest BCUT2D eigenvalue weighted by molar-refractivity contribution is -0.187. The first kappa shape index (κ1) is 18.7. The van der Waals surface area contributed by atoms with E-state index in [0.29, 0.717) is 9.92 Å². The van der Waals surface area contributed by atoms with Crippen molar-refractivity contribution in [1.29, 1.82) is 0 Å². The van der Waals surface area contributed by atoms with E-state index in [1.54, 1.807) is 0 Å². The Kier molecular flexibility index (Phi) is 4.94. The molecule has 1 heterocycles. The largest absolute Gasteiger partial charge is 0.478 e. The summed E-state index contributed by atoms with van der Waals surface area (Å²) in [4.78, 5) is 12.6. The topological polar surface area (TPSA) is 46.5 Å². The smallest absolute Gasteiger partial charge is 0.430 e. The van der Waals surface area contributed by atoms with Crippen molar-refractivity contribution in [2.45, 2.75) is 29.0 Å². The Labute approximate surface area is 156 Å². The highest BCUT2D eigenvalue weighted by atomic mass is 35.5. The number of benzene rings is 2. The number of aryl methyl sites for hydroxylation is 1. The molecule has 1 aliphatic heterocycles. The standard InChI is InChI=1S/C18H12ClF3O3S/c1-9-3-2-4-10(7-9)26-15-11-8-12(17(23)24)16(18(20,21)22)25-14(11)6-5-13(15)19/h2-8,16H,1H3,(H,23,24). The lowest BCUT2D eigenvalue weighted by Crippen LogP contribution is -2.40. The number of carboxylic acids is 1. The molecular formula is C18H12ClF3O3S. The van der Waals surface area contributed by atoms with Gasteiger partial charge in [0.15, 0.2) is 0 Å². The predicted octanol–water partition coefficient (Wildman–Crippen LogP) is 5.59. The van der Waals surface area contributed by atoms with Gasteiger partial charge in [0.25, 0.3) is 0 Å². The summed E-state index contributed by atoms with van der Waals surface area (Å²) >= 11 is 7.46. The Hall–Kier alpha value is -2.12. The third kappa shape index (κ3) is 3.68. The van der Waals surface area contributed by atoms with Crippen LogP contribution in [0.3, 0.4) is 0 Å². The van der Waals surface area contributed by atoms with E-state index in [1.807, 2.05) is 31.2 Å². The highest BCUT2D eigenvalue weighted by molar-refractivity contribution is 7.99. The molecule has 0 aromatic heterocycles. The lowest BCUT2D eigenvalue weighted by atomic mass is 10.0. The van der Waals surface area contributed by atoms with E-state index in [0.717, 1.165) is 16.5 Å². The van der Waals surface area contributed by atoms with Gasteiger partial charge >= 0.3 is 12.1 Å². The van der Waals surface area contributed by atoms with E-state index in [-0.39, 0.29) is 11.3 Å². The zero-order valence-corrected chi connectivity index (χ0v) is 14.9. The van der Waals surface area contributed by atoms with Crippen LogP contribution < -0.4 is 4.74 Å². The fraction of sp³-hybridized carbons (Fsp3) is 0.167. The van der Waals surface area contributed by atoms with Gasteiger partial charge in [0, 0.05) is 15.4 Å². The van der Waals surface area contributed by atoms with Crippen LogP contribution in [-0.2, 0) is 4.79 Å². The van der Waals surface area contributed by atoms with Crippen molar-refractivity contribution in [3.63, 3.8) is 0 Å². The minimum Gasteiger partial charge on any atom is -0.478 e. The predicted molar refractivity (Wildman–Crippen MR) is 92.8 cm³/mol. The van der Waals surface area contributed by atoms with Crippen LogP contribution in [0, 0.1) is 6.92 Å². The fourth-order valence-corrected chi connectivity index (χ4v) is 3.88. The van der Waals surface area contributed by atoms with Crippen LogP contribution in [0.5, 0.6) is 5.75 Å². The molecular weight excluding hydrogens is 389 g/mol. The van der Waals surface area contributed by atoms with Crippen LogP contribution in [-0.4, -0.2) is 23.4 Å². The van der Waals surface area contributed by atoms with Crippen LogP contribution >= 0.6 is 23.4 Å². The second-order valence-electron chi connectivity index (χ2n) is 5.65. The van der Waals surface area contributed by atoms with Crippen molar-refractivity contribution >= 4 is 35.4 Å². The van der Waals surface area contributed by atoms with E-state index in [1.165, 1.54) is 23.9 Å². The Morgan fingerprint density at radius 3 is 2.62 bits per heavy atom. The van der Waals surface area contributed by atoms with Gasteiger partial charge in [-0.25, -0.2) is 4.79 Å². The number of ether oxygens (including phenoxy) is 1. The minimum atomic E-state index is -4.84. The number of hydrogen-bond donors (Lipinski definition) is 1. The normalized spacial score (nSPS) is 16.5. The summed E-state index contributed by atoms with van der Waals surface area (Å²) in [6.45, 7) is 1.91. The molecule has 0 radical (unpaired) electrons. The molecule has 26 heavy (non-hydrogen) atoms. The summed E-state index contributed by atoms with van der Waals surface area (Å²) in [5, 5.41) is 9.49. The quantitative estimate of drug-likeness (QED) is 0.729. The second kappa shape index (κ2) is 6.89. The van der Waals surface area contributed by atoms with Gasteiger partial charge in [-0.05, 0) is 37.3 Å². The summed E-state index contributed by atoms with van der Waals surface area (Å²) in [5.74, 6) is -1.75. The molecule has 8 heteroatoms. The number of carbonyl (C=O) groups is 1. The Morgan fingerprint density at radius 1 is 1.27 bits per heavy atom. The van der Waals surface area contributed by atoms with Gasteiger partial charge in [0.2, 0.25) is 6.10 Å². The van der Waals surface area contributed by atoms with E-state index in [4.69, 9.17) is 16.3 Å². The highest BCUT2D eigenvalue weighted by Crippen LogP contribution is 2.45. The Balaban J connectivity index is 2.11. The molecule has 0 amide bonds. The zero-order chi connectivity index (χ0) is 19.1. The maximum absolute atomic E-state index is 13.2. The first-order valence-electron chi connectivity index (χ1n) is 7.42. The van der Waals surface area contributed by atoms with Crippen molar-refractivity contribution < 1.29 is 27.8 Å². The van der Waals surface area contributed by atoms with Gasteiger partial charge in [0.05, 0.1) is 10.6 Å². The molecule has 3 nitrogen and oxygen atoms in total. The van der Waals surface area contributed by atoms with Crippen molar-refractivity contribution in [2.75, 3.05) is 0 Å². The van der Waals surface area contributed by atoms with Crippen molar-refractivity contribution in [3.8, 4) is 5.75 Å². The van der Waals surface area contributed by atoms with Crippen LogP contribution in [0.4, 0.5) is 13.2 Å². The molecule has 1 unspecified atom stereocenters. The van der Waals surface area contributed by atoms with E-state index >= 15 is 0 Å². The molecule has 2 aromatic rings. The second-order valence-corrected chi connectivity index (χ2v) is 7.14. The molecule has 1 atom stereocenters. The van der Waals surface area contributed by atoms with Gasteiger partial charge in [-0.3, -0.25) is 0 Å². The number of rotatable bonds is 3. The fourth-order valence-electron chi connectivity index (χ4n) is 2.53. The molecule has 0 saturated heterocycles. The molecule has 3 rings (SSSR count). The maximum atomic E-state index is 13.2. The maximum Gasteiger partial charge on any atom is 0.430 e. The molecule has 0 aliphatic carbocycles. The van der Waals surface area contributed by atoms with E-state index < -0.39 is 23.8 Å². The number of aliphatic carboxylic acids is 1. The molecule has 1 N–H and O–H groups in total. The number of halogens is 4. The van der Waals surface area contributed by atoms with Crippen LogP contribution in [0.25, 0.3) is 6.08 Å². The van der Waals surface area contributed by atoms with E-state index in [9.17, 15) is 23.1 Å². The molecule has 0 saturated carbocycles. The number of hydrogen-bond acceptors (Lipinski definition) is 3. The average molecular weight is 401 g/mol. The van der Waals surface area contributed by atoms with Crippen LogP contribution in [0.2, 0.25) is 5.02 Å². The minimum absolute atomic E-state index is 0.0584. The number of fused-ring (bicyclic) bond motifs is 1. The number of carboxylic acid groups (broad SMARTS) is 1. The zero-order valence-electron chi connectivity index (χ0n) is 13.3. The Bertz CT molecular complexity index is 909. The third-order valence-corrected chi connectivity index (χ3v) is 5.25. The monoisotopic (exact) mass is 400 g/mol. The summed E-state index contributed by atoms with van der Waals surface area (Å²) in [6, 6.07) is 10.2. The van der Waals surface area contributed by atoms with Crippen LogP contribution in [0.1, 0.15) is 11.1 Å². The summed E-state index contributed by atoms with van der Waals surface area (Å²) in [7, 11) is 0. The number of alkyl halides is 3. The van der Waals surface area contributed by atoms with Gasteiger partial charge in [0.1, 0.15) is 5.75 Å². The van der Waals surface area contributed by atoms with Crippen molar-refractivity contribution in [2.24, 2.45) is 0 Å². The lowest BCUT2D eigenvalue weighted by Gasteiger charge is -2.28. The summed E-state index contributed by atoms with van der Waals surface area (Å²) < 4.78 is 44.5. The molecule has 0 bridgehead atoms. The highest BCUT2D eigenvalue weighted by Gasteiger charge is 2.48. The molecule has 0 spiro atoms. The molecule has 1 aliphatic rings. The van der Waals surface area contributed by atoms with Crippen molar-refractivity contribution in [1.82, 2.24) is 0 Å². The van der Waals surface area contributed by atoms with Gasteiger partial charge in [-0.2, -0.15) is 13.2 Å². The van der Waals surface area contributed by atoms with Gasteiger partial charge in [-0.15, -0.1) is 0 Å². The summed E-state index contributed by atoms with van der Waals surface area (Å²) in [5.41, 5.74) is 0.353. The summed E-state index contributed by atoms with van der Waals surface area (Å²) in [6.07, 6.45) is -6.38. The first-order chi connectivity index (χ1) is 12.2. The average Bonchev–Trinajstić information content (AvgIpc) is 2.55. The van der Waals surface area contributed by atoms with Gasteiger partial charge < -0.3 is 9.84 Å². The van der Waals surface area contributed by atoms with Crippen molar-refractivity contribution in [3.05, 3.63) is 58.1 Å². The van der Waals surface area contributed by atoms with Gasteiger partial charge in [-0.1, -0.05) is 41.1 Å². The SMILES string of the molecule is Cc1cccc(Sc2c(Cl)ccc3c2C=C(C(=O)O)C(C(F)(F)F)O3)c1. The molecule has 136 valence electrons.